The maximum Gasteiger partial charge on any atom is 0.245 e. The molecule has 7 nitrogen and oxygen atoms in total. The number of ketones is 1. The van der Waals surface area contributed by atoms with Crippen molar-refractivity contribution < 1.29 is 29.3 Å². The second-order valence-electron chi connectivity index (χ2n) is 9.97. The van der Waals surface area contributed by atoms with Gasteiger partial charge in [0, 0.05) is 17.8 Å². The van der Waals surface area contributed by atoms with E-state index in [0.29, 0.717) is 23.6 Å². The van der Waals surface area contributed by atoms with Crippen molar-refractivity contribution in [2.75, 3.05) is 26.9 Å². The molecule has 1 aliphatic carbocycles. The molecule has 0 radical (unpaired) electrons. The largest absolute Gasteiger partial charge is 0.493 e. The number of hydrogen-bond donors (Lipinski definition) is 3. The Labute approximate surface area is 221 Å². The van der Waals surface area contributed by atoms with Gasteiger partial charge in [-0.15, -0.1) is 11.3 Å². The third kappa shape index (κ3) is 7.00. The van der Waals surface area contributed by atoms with Gasteiger partial charge in [0.1, 0.15) is 19.3 Å². The number of ether oxygens (including phenoxy) is 2. The highest BCUT2D eigenvalue weighted by Gasteiger charge is 2.31. The summed E-state index contributed by atoms with van der Waals surface area (Å²) < 4.78 is 11.1. The number of thiophene rings is 1. The van der Waals surface area contributed by atoms with Crippen LogP contribution >= 0.6 is 22.9 Å². The van der Waals surface area contributed by atoms with Crippen LogP contribution in [0.1, 0.15) is 64.9 Å². The molecule has 0 saturated carbocycles. The number of aryl methyl sites for hydroxylation is 2. The maximum atomic E-state index is 13.2. The lowest BCUT2D eigenvalue weighted by Crippen LogP contribution is -2.36. The van der Waals surface area contributed by atoms with Crippen LogP contribution in [0, 0.1) is 5.41 Å². The van der Waals surface area contributed by atoms with Gasteiger partial charge in [-0.25, -0.2) is 0 Å². The zero-order chi connectivity index (χ0) is 26.5. The van der Waals surface area contributed by atoms with Crippen LogP contribution in [-0.2, 0) is 30.5 Å². The Kier molecular flexibility index (Phi) is 9.80. The molecule has 2 aromatic rings. The van der Waals surface area contributed by atoms with Gasteiger partial charge < -0.3 is 25.0 Å². The van der Waals surface area contributed by atoms with Crippen LogP contribution in [0.3, 0.4) is 0 Å². The average Bonchev–Trinajstić information content (AvgIpc) is 3.21. The lowest BCUT2D eigenvalue weighted by atomic mass is 9.74. The smallest absolute Gasteiger partial charge is 0.245 e. The second kappa shape index (κ2) is 12.4. The van der Waals surface area contributed by atoms with Gasteiger partial charge in [0.15, 0.2) is 17.3 Å². The number of methoxy groups -OCH3 is 1. The summed E-state index contributed by atoms with van der Waals surface area (Å²) >= 11 is 8.12. The number of aliphatic hydroxyl groups excluding tert-OH is 2. The van der Waals surface area contributed by atoms with Crippen molar-refractivity contribution in [1.29, 1.82) is 0 Å². The highest BCUT2D eigenvalue weighted by molar-refractivity contribution is 7.14. The van der Waals surface area contributed by atoms with Gasteiger partial charge in [-0.1, -0.05) is 32.4 Å². The maximum absolute atomic E-state index is 13.2. The Morgan fingerprint density at radius 2 is 2.03 bits per heavy atom. The van der Waals surface area contributed by atoms with Crippen molar-refractivity contribution in [3.63, 3.8) is 0 Å². The van der Waals surface area contributed by atoms with E-state index in [0.717, 1.165) is 36.1 Å². The molecule has 36 heavy (non-hydrogen) atoms. The van der Waals surface area contributed by atoms with Crippen molar-refractivity contribution in [1.82, 2.24) is 5.32 Å². The third-order valence-corrected chi connectivity index (χ3v) is 8.25. The van der Waals surface area contributed by atoms with Crippen molar-refractivity contribution >= 4 is 34.6 Å². The lowest BCUT2D eigenvalue weighted by molar-refractivity contribution is -0.124. The van der Waals surface area contributed by atoms with Crippen LogP contribution in [-0.4, -0.2) is 54.9 Å². The number of rotatable bonds is 12. The molecule has 0 saturated heterocycles. The molecule has 3 N–H and O–H groups in total. The van der Waals surface area contributed by atoms with E-state index < -0.39 is 18.6 Å². The first-order valence-corrected chi connectivity index (χ1v) is 13.5. The first-order chi connectivity index (χ1) is 17.1. The zero-order valence-corrected chi connectivity index (χ0v) is 23.0. The summed E-state index contributed by atoms with van der Waals surface area (Å²) in [7, 11) is 1.50. The molecule has 1 aliphatic rings. The topological polar surface area (TPSA) is 105 Å². The number of aliphatic hydroxyl groups is 2. The number of nitrogens with one attached hydrogen (secondary N) is 1. The van der Waals surface area contributed by atoms with Crippen LogP contribution in [0.15, 0.2) is 12.1 Å². The molecule has 1 heterocycles. The molecule has 1 unspecified atom stereocenters. The minimum atomic E-state index is -0.992. The predicted octanol–water partition coefficient (Wildman–Crippen LogP) is 4.15. The van der Waals surface area contributed by atoms with Crippen LogP contribution in [0.2, 0.25) is 5.02 Å². The molecule has 1 amide bonds. The number of hydrogen-bond acceptors (Lipinski definition) is 7. The minimum Gasteiger partial charge on any atom is -0.493 e. The van der Waals surface area contributed by atoms with Gasteiger partial charge in [0.05, 0.1) is 17.0 Å². The summed E-state index contributed by atoms with van der Waals surface area (Å²) in [6.45, 7) is 5.92. The van der Waals surface area contributed by atoms with E-state index in [4.69, 9.17) is 26.2 Å². The lowest BCUT2D eigenvalue weighted by Gasteiger charge is -2.30. The Morgan fingerprint density at radius 1 is 1.28 bits per heavy atom. The normalized spacial score (nSPS) is 15.2. The summed E-state index contributed by atoms with van der Waals surface area (Å²) in [5, 5.41) is 21.4. The summed E-state index contributed by atoms with van der Waals surface area (Å²) in [6.07, 6.45) is 3.94. The molecule has 198 valence electrons. The van der Waals surface area contributed by atoms with E-state index in [1.807, 2.05) is 0 Å². The molecule has 0 fully saturated rings. The van der Waals surface area contributed by atoms with Crippen molar-refractivity contribution in [3.8, 4) is 11.5 Å². The number of amides is 1. The van der Waals surface area contributed by atoms with Crippen molar-refractivity contribution in [2.24, 2.45) is 5.41 Å². The molecule has 0 bridgehead atoms. The highest BCUT2D eigenvalue weighted by atomic mass is 35.5. The Hall–Kier alpha value is -2.13. The fraction of sp³-hybridized carbons (Fsp3) is 0.556. The first kappa shape index (κ1) is 28.4. The van der Waals surface area contributed by atoms with E-state index in [1.165, 1.54) is 23.1 Å². The molecule has 1 atom stereocenters. The standard InChI is InChI=1S/C27H36ClNO6S/c1-5-23-19-12-27(2,3)9-8-18(19)26(36-23)21(32)7-6-16-10-20(28)25(22(11-16)34-4)35-15-17(31)13-29-24(33)14-30/h10-11,17,30-31H,5-9,12-15H2,1-4H3,(H,29,33). The molecule has 1 aromatic carbocycles. The van der Waals surface area contributed by atoms with E-state index >= 15 is 0 Å². The van der Waals surface area contributed by atoms with Crippen molar-refractivity contribution in [2.45, 2.75) is 65.4 Å². The van der Waals surface area contributed by atoms with Crippen LogP contribution < -0.4 is 14.8 Å². The van der Waals surface area contributed by atoms with Gasteiger partial charge in [0.2, 0.25) is 5.91 Å². The Bertz CT molecular complexity index is 1100. The molecular formula is C27H36ClNO6S. The minimum absolute atomic E-state index is 0.0663. The van der Waals surface area contributed by atoms with Gasteiger partial charge in [-0.05, 0) is 66.3 Å². The summed E-state index contributed by atoms with van der Waals surface area (Å²) in [5.74, 6) is 0.269. The van der Waals surface area contributed by atoms with Crippen LogP contribution in [0.4, 0.5) is 0 Å². The second-order valence-corrected chi connectivity index (χ2v) is 11.5. The number of halogens is 1. The van der Waals surface area contributed by atoms with E-state index in [2.05, 4.69) is 26.1 Å². The number of benzene rings is 1. The first-order valence-electron chi connectivity index (χ1n) is 12.3. The van der Waals surface area contributed by atoms with E-state index in [1.54, 1.807) is 23.5 Å². The summed E-state index contributed by atoms with van der Waals surface area (Å²) in [4.78, 5) is 26.6. The number of fused-ring (bicyclic) bond motifs is 1. The van der Waals surface area contributed by atoms with E-state index in [-0.39, 0.29) is 30.1 Å². The summed E-state index contributed by atoms with van der Waals surface area (Å²) in [6, 6.07) is 3.54. The van der Waals surface area contributed by atoms with Crippen molar-refractivity contribution in [3.05, 3.63) is 43.6 Å². The molecule has 1 aromatic heterocycles. The van der Waals surface area contributed by atoms with Gasteiger partial charge in [-0.3, -0.25) is 9.59 Å². The van der Waals surface area contributed by atoms with Crippen LogP contribution in [0.5, 0.6) is 11.5 Å². The molecule has 0 aliphatic heterocycles. The highest BCUT2D eigenvalue weighted by Crippen LogP contribution is 2.42. The number of carbonyl (C=O) groups is 2. The quantitative estimate of drug-likeness (QED) is 0.351. The molecule has 9 heteroatoms. The Morgan fingerprint density at radius 3 is 2.69 bits per heavy atom. The fourth-order valence-corrected chi connectivity index (χ4v) is 6.08. The van der Waals surface area contributed by atoms with Gasteiger partial charge >= 0.3 is 0 Å². The van der Waals surface area contributed by atoms with E-state index in [9.17, 15) is 14.7 Å². The monoisotopic (exact) mass is 537 g/mol. The van der Waals surface area contributed by atoms with Gasteiger partial charge in [-0.2, -0.15) is 0 Å². The van der Waals surface area contributed by atoms with Crippen LogP contribution in [0.25, 0.3) is 0 Å². The third-order valence-electron chi connectivity index (χ3n) is 6.51. The average molecular weight is 538 g/mol. The zero-order valence-electron chi connectivity index (χ0n) is 21.4. The fourth-order valence-electron chi connectivity index (χ4n) is 4.52. The van der Waals surface area contributed by atoms with Gasteiger partial charge in [0.25, 0.3) is 0 Å². The predicted molar refractivity (Wildman–Crippen MR) is 142 cm³/mol. The number of Topliss-reactive ketones (excluding diaryl/α,β-unsaturated/α-hetero) is 1. The summed E-state index contributed by atoms with van der Waals surface area (Å²) in [5.41, 5.74) is 3.79. The molecular weight excluding hydrogens is 502 g/mol. The molecule has 0 spiro atoms. The molecule has 3 rings (SSSR count). The number of carbonyl (C=O) groups excluding carboxylic acids is 2. The SMILES string of the molecule is CCc1sc(C(=O)CCc2cc(Cl)c(OCC(O)CNC(=O)CO)c(OC)c2)c2c1CC(C)(C)CC2. The Balaban J connectivity index is 1.66.